The van der Waals surface area contributed by atoms with Gasteiger partial charge in [-0.1, -0.05) is 41.4 Å². The van der Waals surface area contributed by atoms with Gasteiger partial charge in [-0.25, -0.2) is 0 Å². The van der Waals surface area contributed by atoms with Crippen LogP contribution in [0.2, 0.25) is 10.0 Å². The zero-order valence-electron chi connectivity index (χ0n) is 19.2. The number of hydrogen-bond donors (Lipinski definition) is 1. The highest BCUT2D eigenvalue weighted by atomic mass is 35.5. The van der Waals surface area contributed by atoms with Crippen LogP contribution in [-0.4, -0.2) is 25.5 Å². The number of amides is 2. The summed E-state index contributed by atoms with van der Waals surface area (Å²) in [6.45, 7) is 2.13. The first-order chi connectivity index (χ1) is 16.8. The largest absolute Gasteiger partial charge is 0.497 e. The third-order valence-electron chi connectivity index (χ3n) is 6.12. The van der Waals surface area contributed by atoms with E-state index >= 15 is 0 Å². The predicted octanol–water partition coefficient (Wildman–Crippen LogP) is 5.96. The van der Waals surface area contributed by atoms with Crippen LogP contribution in [0, 0.1) is 24.2 Å². The molecule has 4 rings (SSSR count). The van der Waals surface area contributed by atoms with Crippen LogP contribution in [-0.2, 0) is 9.59 Å². The molecule has 3 aromatic carbocycles. The van der Waals surface area contributed by atoms with Crippen molar-refractivity contribution in [3.8, 4) is 11.8 Å². The SMILES string of the molecule is COc1ccc(N2C[C@@H](C(=O)Nc3cc(Cl)c([C@H](C#N)c4ccc(Cl)cc4)cc3C)CC2=O)cc1. The topological polar surface area (TPSA) is 82.4 Å². The van der Waals surface area contributed by atoms with Crippen molar-refractivity contribution in [2.75, 3.05) is 23.9 Å². The summed E-state index contributed by atoms with van der Waals surface area (Å²) in [6.07, 6.45) is 0.121. The number of benzene rings is 3. The van der Waals surface area contributed by atoms with Crippen molar-refractivity contribution >= 4 is 46.4 Å². The minimum atomic E-state index is -0.575. The number of aryl methyl sites for hydroxylation is 1. The normalized spacial score (nSPS) is 16.0. The highest BCUT2D eigenvalue weighted by Crippen LogP contribution is 2.35. The van der Waals surface area contributed by atoms with Crippen molar-refractivity contribution in [1.29, 1.82) is 5.26 Å². The number of anilines is 2. The maximum Gasteiger partial charge on any atom is 0.229 e. The Morgan fingerprint density at radius 3 is 2.46 bits per heavy atom. The molecule has 1 heterocycles. The molecule has 8 heteroatoms. The molecule has 3 aromatic rings. The summed E-state index contributed by atoms with van der Waals surface area (Å²) in [5.74, 6) is -0.742. The van der Waals surface area contributed by atoms with E-state index in [0.29, 0.717) is 27.0 Å². The molecule has 2 amide bonds. The molecule has 1 fully saturated rings. The Morgan fingerprint density at radius 2 is 1.83 bits per heavy atom. The first kappa shape index (κ1) is 24.6. The Bertz CT molecular complexity index is 1300. The first-order valence-electron chi connectivity index (χ1n) is 11.0. The lowest BCUT2D eigenvalue weighted by Crippen LogP contribution is -2.28. The summed E-state index contributed by atoms with van der Waals surface area (Å²) in [6, 6.07) is 20.0. The number of rotatable bonds is 6. The van der Waals surface area contributed by atoms with Gasteiger partial charge in [0.05, 0.1) is 25.0 Å². The van der Waals surface area contributed by atoms with Crippen molar-refractivity contribution in [3.63, 3.8) is 0 Å². The van der Waals surface area contributed by atoms with Crippen molar-refractivity contribution in [3.05, 3.63) is 87.4 Å². The third-order valence-corrected chi connectivity index (χ3v) is 6.70. The average Bonchev–Trinajstić information content (AvgIpc) is 3.25. The van der Waals surface area contributed by atoms with Gasteiger partial charge in [-0.2, -0.15) is 5.26 Å². The number of carbonyl (C=O) groups excluding carboxylic acids is 2. The monoisotopic (exact) mass is 507 g/mol. The molecule has 0 aromatic heterocycles. The van der Waals surface area contributed by atoms with Crippen LogP contribution in [0.5, 0.6) is 5.75 Å². The van der Waals surface area contributed by atoms with E-state index in [1.165, 1.54) is 0 Å². The molecular weight excluding hydrogens is 485 g/mol. The molecule has 0 spiro atoms. The molecule has 0 unspecified atom stereocenters. The molecule has 0 bridgehead atoms. The van der Waals surface area contributed by atoms with Crippen LogP contribution < -0.4 is 15.0 Å². The highest BCUT2D eigenvalue weighted by Gasteiger charge is 2.35. The van der Waals surface area contributed by atoms with E-state index in [-0.39, 0.29) is 24.8 Å². The van der Waals surface area contributed by atoms with Gasteiger partial charge in [-0.3, -0.25) is 9.59 Å². The van der Waals surface area contributed by atoms with Gasteiger partial charge >= 0.3 is 0 Å². The average molecular weight is 508 g/mol. The smallest absolute Gasteiger partial charge is 0.229 e. The second kappa shape index (κ2) is 10.4. The van der Waals surface area contributed by atoms with E-state index in [1.807, 2.05) is 13.0 Å². The van der Waals surface area contributed by atoms with Crippen LogP contribution in [0.15, 0.2) is 60.7 Å². The number of carbonyl (C=O) groups is 2. The van der Waals surface area contributed by atoms with E-state index in [4.69, 9.17) is 27.9 Å². The lowest BCUT2D eigenvalue weighted by Gasteiger charge is -2.18. The molecule has 0 aliphatic carbocycles. The number of nitrogens with zero attached hydrogens (tertiary/aromatic N) is 2. The van der Waals surface area contributed by atoms with Gasteiger partial charge < -0.3 is 15.0 Å². The number of ether oxygens (including phenoxy) is 1. The van der Waals surface area contributed by atoms with Crippen LogP contribution in [0.3, 0.4) is 0 Å². The van der Waals surface area contributed by atoms with Gasteiger partial charge in [0.2, 0.25) is 11.8 Å². The van der Waals surface area contributed by atoms with Crippen LogP contribution in [0.1, 0.15) is 29.0 Å². The zero-order chi connectivity index (χ0) is 25.1. The van der Waals surface area contributed by atoms with Gasteiger partial charge in [0.1, 0.15) is 5.75 Å². The van der Waals surface area contributed by atoms with E-state index in [0.717, 1.165) is 16.8 Å². The van der Waals surface area contributed by atoms with Crippen molar-refractivity contribution in [2.24, 2.45) is 5.92 Å². The number of nitriles is 1. The second-order valence-corrected chi connectivity index (χ2v) is 9.24. The molecule has 1 aliphatic rings. The molecular formula is C27H23Cl2N3O3. The Kier molecular flexibility index (Phi) is 7.30. The maximum atomic E-state index is 13.0. The Hall–Kier alpha value is -3.53. The summed E-state index contributed by atoms with van der Waals surface area (Å²) in [4.78, 5) is 27.2. The first-order valence-corrected chi connectivity index (χ1v) is 11.8. The second-order valence-electron chi connectivity index (χ2n) is 8.39. The third kappa shape index (κ3) is 5.27. The van der Waals surface area contributed by atoms with Gasteiger partial charge in [-0.15, -0.1) is 0 Å². The molecule has 1 N–H and O–H groups in total. The fraction of sp³-hybridized carbons (Fsp3) is 0.222. The molecule has 0 saturated carbocycles. The molecule has 35 heavy (non-hydrogen) atoms. The standard InChI is InChI=1S/C27H23Cl2N3O3/c1-16-11-22(23(14-30)17-3-5-19(28)6-4-17)24(29)13-25(16)31-27(34)18-12-26(33)32(15-18)20-7-9-21(35-2)10-8-20/h3-11,13,18,23H,12,15H2,1-2H3,(H,31,34)/t18-,23+/m0/s1. The van der Waals surface area contributed by atoms with Gasteiger partial charge in [0, 0.05) is 34.4 Å². The van der Waals surface area contributed by atoms with Gasteiger partial charge in [0.15, 0.2) is 0 Å². The molecule has 1 aliphatic heterocycles. The maximum absolute atomic E-state index is 13.0. The minimum Gasteiger partial charge on any atom is -0.497 e. The summed E-state index contributed by atoms with van der Waals surface area (Å²) in [5, 5.41) is 13.7. The van der Waals surface area contributed by atoms with Crippen molar-refractivity contribution in [1.82, 2.24) is 0 Å². The fourth-order valence-electron chi connectivity index (χ4n) is 4.17. The number of nitrogens with one attached hydrogen (secondary N) is 1. The summed E-state index contributed by atoms with van der Waals surface area (Å²) in [5.41, 5.74) is 3.46. The van der Waals surface area contributed by atoms with Crippen molar-refractivity contribution in [2.45, 2.75) is 19.3 Å². The highest BCUT2D eigenvalue weighted by molar-refractivity contribution is 6.32. The summed E-state index contributed by atoms with van der Waals surface area (Å²) < 4.78 is 5.16. The molecule has 1 saturated heterocycles. The molecule has 0 radical (unpaired) electrons. The lowest BCUT2D eigenvalue weighted by molar-refractivity contribution is -0.122. The van der Waals surface area contributed by atoms with Gasteiger partial charge in [-0.05, 0) is 66.1 Å². The van der Waals surface area contributed by atoms with E-state index in [1.54, 1.807) is 66.6 Å². The zero-order valence-corrected chi connectivity index (χ0v) is 20.7. The van der Waals surface area contributed by atoms with Crippen molar-refractivity contribution < 1.29 is 14.3 Å². The van der Waals surface area contributed by atoms with E-state index in [9.17, 15) is 14.9 Å². The quantitative estimate of drug-likeness (QED) is 0.446. The summed E-state index contributed by atoms with van der Waals surface area (Å²) in [7, 11) is 1.58. The summed E-state index contributed by atoms with van der Waals surface area (Å²) >= 11 is 12.5. The molecule has 6 nitrogen and oxygen atoms in total. The number of halogens is 2. The minimum absolute atomic E-state index is 0.111. The predicted molar refractivity (Wildman–Crippen MR) is 137 cm³/mol. The molecule has 2 atom stereocenters. The van der Waals surface area contributed by atoms with E-state index < -0.39 is 11.8 Å². The molecule has 178 valence electrons. The number of methoxy groups -OCH3 is 1. The van der Waals surface area contributed by atoms with Crippen LogP contribution in [0.4, 0.5) is 11.4 Å². The van der Waals surface area contributed by atoms with Gasteiger partial charge in [0.25, 0.3) is 0 Å². The van der Waals surface area contributed by atoms with Crippen LogP contribution in [0.25, 0.3) is 0 Å². The Labute approximate surface area is 214 Å². The van der Waals surface area contributed by atoms with Crippen LogP contribution >= 0.6 is 23.2 Å². The fourth-order valence-corrected chi connectivity index (χ4v) is 4.57. The van der Waals surface area contributed by atoms with E-state index in [2.05, 4.69) is 11.4 Å². The lowest BCUT2D eigenvalue weighted by atomic mass is 9.91. The Morgan fingerprint density at radius 1 is 1.14 bits per heavy atom. The number of hydrogen-bond acceptors (Lipinski definition) is 4. The Balaban J connectivity index is 1.49.